The summed E-state index contributed by atoms with van der Waals surface area (Å²) in [6.07, 6.45) is 3.31. The fraction of sp³-hybridized carbons (Fsp3) is 0.421. The van der Waals surface area contributed by atoms with E-state index in [-0.39, 0.29) is 17.7 Å². The van der Waals surface area contributed by atoms with Crippen LogP contribution in [-0.2, 0) is 16.1 Å². The van der Waals surface area contributed by atoms with Crippen molar-refractivity contribution in [3.63, 3.8) is 0 Å². The van der Waals surface area contributed by atoms with Crippen LogP contribution in [0.4, 0.5) is 0 Å². The molecule has 1 saturated carbocycles. The number of thiazole rings is 1. The lowest BCUT2D eigenvalue weighted by molar-refractivity contribution is -0.138. The van der Waals surface area contributed by atoms with Gasteiger partial charge < -0.3 is 10.2 Å². The molecule has 5 nitrogen and oxygen atoms in total. The normalized spacial score (nSPS) is 20.6. The molecule has 25 heavy (non-hydrogen) atoms. The largest absolute Gasteiger partial charge is 0.350 e. The number of amides is 2. The zero-order chi connectivity index (χ0) is 17.2. The highest BCUT2D eigenvalue weighted by atomic mass is 32.1. The summed E-state index contributed by atoms with van der Waals surface area (Å²) < 4.78 is 0. The molecule has 2 fully saturated rings. The van der Waals surface area contributed by atoms with Gasteiger partial charge in [0.15, 0.2) is 0 Å². The average molecular weight is 355 g/mol. The van der Waals surface area contributed by atoms with Crippen LogP contribution in [0.15, 0.2) is 35.7 Å². The van der Waals surface area contributed by atoms with Crippen LogP contribution in [0.2, 0.25) is 0 Å². The Hall–Kier alpha value is -2.21. The Balaban J connectivity index is 1.33. The zero-order valence-corrected chi connectivity index (χ0v) is 14.8. The second-order valence-corrected chi connectivity index (χ2v) is 7.60. The molecule has 6 heteroatoms. The third-order valence-corrected chi connectivity index (χ3v) is 5.76. The summed E-state index contributed by atoms with van der Waals surface area (Å²) in [5, 5.41) is 5.95. The van der Waals surface area contributed by atoms with Crippen molar-refractivity contribution in [2.45, 2.75) is 38.3 Å². The van der Waals surface area contributed by atoms with E-state index < -0.39 is 0 Å². The van der Waals surface area contributed by atoms with Crippen LogP contribution in [0.1, 0.15) is 31.4 Å². The highest BCUT2D eigenvalue weighted by molar-refractivity contribution is 7.13. The molecule has 2 amide bonds. The fourth-order valence-corrected chi connectivity index (χ4v) is 4.07. The van der Waals surface area contributed by atoms with E-state index in [1.165, 1.54) is 0 Å². The Morgan fingerprint density at radius 1 is 1.24 bits per heavy atom. The first kappa shape index (κ1) is 16.3. The number of benzene rings is 1. The SMILES string of the molecule is O=C(NCc1csc(-c2ccccc2)n1)[C@@H]1CCC(=O)N(C2CC2)C1. The van der Waals surface area contributed by atoms with Crippen LogP contribution in [0.5, 0.6) is 0 Å². The van der Waals surface area contributed by atoms with Gasteiger partial charge in [0.1, 0.15) is 5.01 Å². The van der Waals surface area contributed by atoms with Crippen molar-refractivity contribution >= 4 is 23.2 Å². The molecule has 1 N–H and O–H groups in total. The molecule has 2 heterocycles. The van der Waals surface area contributed by atoms with E-state index in [9.17, 15) is 9.59 Å². The highest BCUT2D eigenvalue weighted by Crippen LogP contribution is 2.31. The van der Waals surface area contributed by atoms with Crippen LogP contribution in [0.25, 0.3) is 10.6 Å². The van der Waals surface area contributed by atoms with Gasteiger partial charge in [-0.3, -0.25) is 9.59 Å². The maximum Gasteiger partial charge on any atom is 0.225 e. The molecule has 1 aliphatic carbocycles. The third-order valence-electron chi connectivity index (χ3n) is 4.82. The fourth-order valence-electron chi connectivity index (χ4n) is 3.25. The smallest absolute Gasteiger partial charge is 0.225 e. The minimum Gasteiger partial charge on any atom is -0.350 e. The molecule has 0 spiro atoms. The third kappa shape index (κ3) is 3.74. The summed E-state index contributed by atoms with van der Waals surface area (Å²) in [6, 6.07) is 10.4. The molecule has 2 aliphatic rings. The first-order chi connectivity index (χ1) is 12.2. The maximum absolute atomic E-state index is 12.5. The first-order valence-electron chi connectivity index (χ1n) is 8.78. The van der Waals surface area contributed by atoms with Gasteiger partial charge >= 0.3 is 0 Å². The van der Waals surface area contributed by atoms with Crippen molar-refractivity contribution in [2.24, 2.45) is 5.92 Å². The number of rotatable bonds is 5. The van der Waals surface area contributed by atoms with E-state index >= 15 is 0 Å². The van der Waals surface area contributed by atoms with E-state index in [2.05, 4.69) is 10.3 Å². The van der Waals surface area contributed by atoms with Crippen LogP contribution < -0.4 is 5.32 Å². The van der Waals surface area contributed by atoms with E-state index in [0.717, 1.165) is 29.1 Å². The topological polar surface area (TPSA) is 62.3 Å². The second-order valence-electron chi connectivity index (χ2n) is 6.74. The number of carbonyl (C=O) groups excluding carboxylic acids is 2. The lowest BCUT2D eigenvalue weighted by atomic mass is 9.96. The predicted octanol–water partition coefficient (Wildman–Crippen LogP) is 2.83. The van der Waals surface area contributed by atoms with Crippen molar-refractivity contribution in [1.82, 2.24) is 15.2 Å². The molecule has 1 aromatic heterocycles. The van der Waals surface area contributed by atoms with Gasteiger partial charge in [-0.05, 0) is 19.3 Å². The molecular formula is C19H21N3O2S. The van der Waals surface area contributed by atoms with Crippen LogP contribution in [0.3, 0.4) is 0 Å². The lowest BCUT2D eigenvalue weighted by Crippen LogP contribution is -2.46. The highest BCUT2D eigenvalue weighted by Gasteiger charge is 2.38. The zero-order valence-electron chi connectivity index (χ0n) is 14.0. The van der Waals surface area contributed by atoms with Crippen molar-refractivity contribution in [2.75, 3.05) is 6.54 Å². The van der Waals surface area contributed by atoms with Gasteiger partial charge in [-0.25, -0.2) is 4.98 Å². The molecule has 1 saturated heterocycles. The van der Waals surface area contributed by atoms with Gasteiger partial charge in [0, 0.05) is 30.0 Å². The average Bonchev–Trinajstić information content (AvgIpc) is 3.38. The minimum absolute atomic E-state index is 0.0346. The standard InChI is InChI=1S/C19H21N3O2S/c23-17-9-6-14(11-22(17)16-7-8-16)18(24)20-10-15-12-25-19(21-15)13-4-2-1-3-5-13/h1-5,12,14,16H,6-11H2,(H,20,24)/t14-/m1/s1. The number of nitrogens with zero attached hydrogens (tertiary/aromatic N) is 2. The first-order valence-corrected chi connectivity index (χ1v) is 9.65. The van der Waals surface area contributed by atoms with E-state index in [0.29, 0.717) is 32.0 Å². The molecule has 2 aromatic rings. The van der Waals surface area contributed by atoms with Gasteiger partial charge in [0.2, 0.25) is 11.8 Å². The minimum atomic E-state index is -0.0921. The van der Waals surface area contributed by atoms with E-state index in [1.807, 2.05) is 40.6 Å². The van der Waals surface area contributed by atoms with Crippen LogP contribution >= 0.6 is 11.3 Å². The number of piperidine rings is 1. The van der Waals surface area contributed by atoms with Crippen molar-refractivity contribution in [3.05, 3.63) is 41.4 Å². The van der Waals surface area contributed by atoms with Gasteiger partial charge in [-0.15, -0.1) is 11.3 Å². The lowest BCUT2D eigenvalue weighted by Gasteiger charge is -2.32. The van der Waals surface area contributed by atoms with Crippen molar-refractivity contribution in [3.8, 4) is 10.6 Å². The number of aromatic nitrogens is 1. The van der Waals surface area contributed by atoms with Crippen molar-refractivity contribution in [1.29, 1.82) is 0 Å². The number of carbonyl (C=O) groups is 2. The van der Waals surface area contributed by atoms with Crippen molar-refractivity contribution < 1.29 is 9.59 Å². The maximum atomic E-state index is 12.5. The summed E-state index contributed by atoms with van der Waals surface area (Å²) in [5.41, 5.74) is 1.97. The number of hydrogen-bond donors (Lipinski definition) is 1. The molecule has 0 bridgehead atoms. The predicted molar refractivity (Wildman–Crippen MR) is 96.9 cm³/mol. The summed E-state index contributed by atoms with van der Waals surface area (Å²) in [7, 11) is 0. The van der Waals surface area contributed by atoms with E-state index in [1.54, 1.807) is 11.3 Å². The Morgan fingerprint density at radius 2 is 2.04 bits per heavy atom. The number of nitrogens with one attached hydrogen (secondary N) is 1. The molecule has 1 atom stereocenters. The van der Waals surface area contributed by atoms with Gasteiger partial charge in [0.25, 0.3) is 0 Å². The van der Waals surface area contributed by atoms with E-state index in [4.69, 9.17) is 0 Å². The molecule has 0 radical (unpaired) electrons. The second kappa shape index (κ2) is 6.96. The Morgan fingerprint density at radius 3 is 2.80 bits per heavy atom. The van der Waals surface area contributed by atoms with Crippen LogP contribution in [0, 0.1) is 5.92 Å². The van der Waals surface area contributed by atoms with Gasteiger partial charge in [0.05, 0.1) is 18.2 Å². The van der Waals surface area contributed by atoms with Crippen LogP contribution in [-0.4, -0.2) is 34.3 Å². The molecule has 1 aromatic carbocycles. The molecule has 130 valence electrons. The molecule has 0 unspecified atom stereocenters. The molecule has 1 aliphatic heterocycles. The summed E-state index contributed by atoms with van der Waals surface area (Å²) >= 11 is 1.59. The van der Waals surface area contributed by atoms with Gasteiger partial charge in [-0.1, -0.05) is 30.3 Å². The molecule has 4 rings (SSSR count). The summed E-state index contributed by atoms with van der Waals surface area (Å²) in [6.45, 7) is 1.01. The summed E-state index contributed by atoms with van der Waals surface area (Å²) in [4.78, 5) is 30.9. The Kier molecular flexibility index (Phi) is 4.53. The molecular weight excluding hydrogens is 334 g/mol. The number of hydrogen-bond acceptors (Lipinski definition) is 4. The Labute approximate surface area is 151 Å². The monoisotopic (exact) mass is 355 g/mol. The quantitative estimate of drug-likeness (QED) is 0.897. The number of likely N-dealkylation sites (tertiary alicyclic amines) is 1. The Bertz CT molecular complexity index is 770. The van der Waals surface area contributed by atoms with Gasteiger partial charge in [-0.2, -0.15) is 0 Å². The summed E-state index contributed by atoms with van der Waals surface area (Å²) in [5.74, 6) is 0.150.